The molecular formula is C25H40O5. The lowest BCUT2D eigenvalue weighted by Gasteiger charge is -2.48. The van der Waals surface area contributed by atoms with Gasteiger partial charge in [-0.1, -0.05) is 51.1 Å². The molecule has 1 aliphatic heterocycles. The molecule has 170 valence electrons. The van der Waals surface area contributed by atoms with Gasteiger partial charge in [-0.15, -0.1) is 0 Å². The van der Waals surface area contributed by atoms with E-state index in [1.165, 1.54) is 0 Å². The van der Waals surface area contributed by atoms with E-state index >= 15 is 0 Å². The second kappa shape index (κ2) is 10.3. The molecule has 1 aromatic carbocycles. The molecule has 0 N–H and O–H groups in total. The molecule has 1 aliphatic rings. The van der Waals surface area contributed by atoms with Gasteiger partial charge in [-0.05, 0) is 40.2 Å². The number of hydrogen-bond acceptors (Lipinski definition) is 5. The van der Waals surface area contributed by atoms with Crippen molar-refractivity contribution in [1.82, 2.24) is 0 Å². The largest absolute Gasteiger partial charge is 0.465 e. The molecule has 0 radical (unpaired) electrons. The summed E-state index contributed by atoms with van der Waals surface area (Å²) in [7, 11) is 0. The van der Waals surface area contributed by atoms with Crippen molar-refractivity contribution in [2.45, 2.75) is 80.0 Å². The lowest BCUT2D eigenvalue weighted by atomic mass is 9.83. The predicted octanol–water partition coefficient (Wildman–Crippen LogP) is 5.22. The van der Waals surface area contributed by atoms with Crippen LogP contribution in [0.2, 0.25) is 0 Å². The zero-order valence-electron chi connectivity index (χ0n) is 19.9. The van der Waals surface area contributed by atoms with Crippen LogP contribution < -0.4 is 0 Å². The monoisotopic (exact) mass is 420 g/mol. The SMILES string of the molecule is C[C@H]1[C@@H]([C@H](C)COCc2ccccc2)OC(C)(C)O[C@@H]1[C@H](C)COC(=O)C(C)(C)C. The van der Waals surface area contributed by atoms with E-state index in [0.29, 0.717) is 19.8 Å². The Kier molecular flexibility index (Phi) is 8.49. The third kappa shape index (κ3) is 7.07. The number of rotatable bonds is 8. The van der Waals surface area contributed by atoms with Crippen molar-refractivity contribution in [3.63, 3.8) is 0 Å². The molecule has 5 heteroatoms. The van der Waals surface area contributed by atoms with Gasteiger partial charge >= 0.3 is 5.97 Å². The third-order valence-electron chi connectivity index (χ3n) is 5.58. The summed E-state index contributed by atoms with van der Waals surface area (Å²) in [4.78, 5) is 12.2. The molecule has 0 spiro atoms. The number of carbonyl (C=O) groups excluding carboxylic acids is 1. The molecular weight excluding hydrogens is 380 g/mol. The summed E-state index contributed by atoms with van der Waals surface area (Å²) in [6.07, 6.45) is -0.0709. The molecule has 0 aromatic heterocycles. The van der Waals surface area contributed by atoms with Gasteiger partial charge in [0, 0.05) is 17.8 Å². The maximum absolute atomic E-state index is 12.2. The molecule has 2 rings (SSSR count). The summed E-state index contributed by atoms with van der Waals surface area (Å²) in [5.74, 6) is -0.463. The first-order valence-electron chi connectivity index (χ1n) is 11.1. The minimum Gasteiger partial charge on any atom is -0.465 e. The van der Waals surface area contributed by atoms with Gasteiger partial charge in [-0.25, -0.2) is 0 Å². The maximum Gasteiger partial charge on any atom is 0.311 e. The van der Waals surface area contributed by atoms with Gasteiger partial charge in [0.25, 0.3) is 0 Å². The Bertz CT molecular complexity index is 664. The fourth-order valence-corrected chi connectivity index (χ4v) is 3.90. The van der Waals surface area contributed by atoms with Gasteiger partial charge in [0.05, 0.1) is 37.4 Å². The van der Waals surface area contributed by atoms with E-state index in [9.17, 15) is 4.79 Å². The van der Waals surface area contributed by atoms with Crippen molar-refractivity contribution in [2.24, 2.45) is 23.2 Å². The highest BCUT2D eigenvalue weighted by Gasteiger charge is 2.45. The molecule has 1 saturated heterocycles. The smallest absolute Gasteiger partial charge is 0.311 e. The quantitative estimate of drug-likeness (QED) is 0.540. The molecule has 1 heterocycles. The van der Waals surface area contributed by atoms with Crippen molar-refractivity contribution >= 4 is 5.97 Å². The summed E-state index contributed by atoms with van der Waals surface area (Å²) in [5.41, 5.74) is 0.659. The van der Waals surface area contributed by atoms with Crippen LogP contribution in [0.5, 0.6) is 0 Å². The predicted molar refractivity (Wildman–Crippen MR) is 118 cm³/mol. The fourth-order valence-electron chi connectivity index (χ4n) is 3.90. The number of carbonyl (C=O) groups is 1. The van der Waals surface area contributed by atoms with E-state index in [2.05, 4.69) is 32.9 Å². The third-order valence-corrected chi connectivity index (χ3v) is 5.58. The molecule has 0 unspecified atom stereocenters. The molecule has 0 bridgehead atoms. The van der Waals surface area contributed by atoms with Crippen LogP contribution in [0, 0.1) is 23.2 Å². The normalized spacial score (nSPS) is 26.1. The van der Waals surface area contributed by atoms with Crippen LogP contribution in [0.15, 0.2) is 30.3 Å². The molecule has 0 amide bonds. The highest BCUT2D eigenvalue weighted by atomic mass is 16.7. The standard InChI is InChI=1S/C25H40O5/c1-17(14-27-16-20-12-10-9-11-13-20)21-19(3)22(30-25(7,8)29-21)18(2)15-28-23(26)24(4,5)6/h9-13,17-19,21-22H,14-16H2,1-8H3/t17-,18-,19+,21-,22-/m1/s1. The highest BCUT2D eigenvalue weighted by Crippen LogP contribution is 2.38. The zero-order chi connectivity index (χ0) is 22.5. The summed E-state index contributed by atoms with van der Waals surface area (Å²) in [6, 6.07) is 10.2. The van der Waals surface area contributed by atoms with Crippen LogP contribution >= 0.6 is 0 Å². The number of esters is 1. The average molecular weight is 421 g/mol. The van der Waals surface area contributed by atoms with E-state index in [1.807, 2.05) is 52.8 Å². The second-order valence-electron chi connectivity index (χ2n) is 10.2. The topological polar surface area (TPSA) is 54.0 Å². The van der Waals surface area contributed by atoms with E-state index in [1.54, 1.807) is 0 Å². The first-order valence-corrected chi connectivity index (χ1v) is 11.1. The zero-order valence-corrected chi connectivity index (χ0v) is 19.9. The minimum absolute atomic E-state index is 0.00436. The Morgan fingerprint density at radius 2 is 1.57 bits per heavy atom. The second-order valence-corrected chi connectivity index (χ2v) is 10.2. The summed E-state index contributed by atoms with van der Waals surface area (Å²) in [5, 5.41) is 0. The van der Waals surface area contributed by atoms with Gasteiger partial charge in [0.1, 0.15) is 0 Å². The van der Waals surface area contributed by atoms with Crippen LogP contribution in [0.4, 0.5) is 0 Å². The summed E-state index contributed by atoms with van der Waals surface area (Å²) >= 11 is 0. The molecule has 0 aliphatic carbocycles. The summed E-state index contributed by atoms with van der Waals surface area (Å²) < 4.78 is 24.1. The molecule has 0 saturated carbocycles. The van der Waals surface area contributed by atoms with Crippen molar-refractivity contribution in [2.75, 3.05) is 13.2 Å². The van der Waals surface area contributed by atoms with Crippen molar-refractivity contribution in [1.29, 1.82) is 0 Å². The molecule has 1 aromatic rings. The van der Waals surface area contributed by atoms with E-state index in [4.69, 9.17) is 18.9 Å². The van der Waals surface area contributed by atoms with E-state index in [-0.39, 0.29) is 35.9 Å². The maximum atomic E-state index is 12.2. The van der Waals surface area contributed by atoms with Crippen LogP contribution in [0.1, 0.15) is 61.0 Å². The van der Waals surface area contributed by atoms with Gasteiger partial charge in [0.2, 0.25) is 0 Å². The fraction of sp³-hybridized carbons (Fsp3) is 0.720. The van der Waals surface area contributed by atoms with Gasteiger partial charge in [-0.3, -0.25) is 4.79 Å². The van der Waals surface area contributed by atoms with E-state index < -0.39 is 11.2 Å². The Balaban J connectivity index is 1.96. The average Bonchev–Trinajstić information content (AvgIpc) is 2.67. The van der Waals surface area contributed by atoms with Crippen LogP contribution in [0.3, 0.4) is 0 Å². The van der Waals surface area contributed by atoms with E-state index in [0.717, 1.165) is 5.56 Å². The van der Waals surface area contributed by atoms with Crippen LogP contribution in [-0.2, 0) is 30.3 Å². The van der Waals surface area contributed by atoms with Crippen molar-refractivity contribution in [3.05, 3.63) is 35.9 Å². The van der Waals surface area contributed by atoms with Gasteiger partial charge < -0.3 is 18.9 Å². The van der Waals surface area contributed by atoms with Crippen molar-refractivity contribution < 1.29 is 23.7 Å². The number of benzene rings is 1. The molecule has 5 nitrogen and oxygen atoms in total. The minimum atomic E-state index is -0.697. The lowest BCUT2D eigenvalue weighted by Crippen LogP contribution is -2.55. The Hall–Kier alpha value is -1.43. The first-order chi connectivity index (χ1) is 13.9. The summed E-state index contributed by atoms with van der Waals surface area (Å²) in [6.45, 7) is 17.4. The first kappa shape index (κ1) is 24.8. The number of ether oxygens (including phenoxy) is 4. The van der Waals surface area contributed by atoms with Crippen LogP contribution in [0.25, 0.3) is 0 Å². The lowest BCUT2D eigenvalue weighted by molar-refractivity contribution is -0.337. The Morgan fingerprint density at radius 3 is 2.10 bits per heavy atom. The molecule has 30 heavy (non-hydrogen) atoms. The Labute approximate surface area is 182 Å². The van der Waals surface area contributed by atoms with Gasteiger partial charge in [-0.2, -0.15) is 0 Å². The molecule has 5 atom stereocenters. The van der Waals surface area contributed by atoms with Crippen LogP contribution in [-0.4, -0.2) is 37.2 Å². The molecule has 1 fully saturated rings. The highest BCUT2D eigenvalue weighted by molar-refractivity contribution is 5.75. The number of hydrogen-bond donors (Lipinski definition) is 0. The van der Waals surface area contributed by atoms with Crippen molar-refractivity contribution in [3.8, 4) is 0 Å². The van der Waals surface area contributed by atoms with Gasteiger partial charge in [0.15, 0.2) is 5.79 Å². The Morgan fingerprint density at radius 1 is 1.03 bits per heavy atom.